The maximum Gasteiger partial charge on any atom is 0.168 e. The van der Waals surface area contributed by atoms with Gasteiger partial charge in [-0.1, -0.05) is 0 Å². The van der Waals surface area contributed by atoms with Crippen LogP contribution in [0.25, 0.3) is 0 Å². The highest BCUT2D eigenvalue weighted by atomic mass is 19.1. The molecule has 0 spiro atoms. The van der Waals surface area contributed by atoms with Gasteiger partial charge >= 0.3 is 0 Å². The first-order valence-corrected chi connectivity index (χ1v) is 4.10. The number of hydrogen-bond donors (Lipinski definition) is 0. The van der Waals surface area contributed by atoms with Gasteiger partial charge in [-0.3, -0.25) is 0 Å². The molecule has 74 valence electrons. The second-order valence-electron chi connectivity index (χ2n) is 3.04. The molecule has 0 heterocycles. The Morgan fingerprint density at radius 1 is 1.29 bits per heavy atom. The molecule has 0 atom stereocenters. The van der Waals surface area contributed by atoms with Crippen molar-refractivity contribution in [1.29, 1.82) is 5.26 Å². The number of benzene rings is 1. The highest BCUT2D eigenvalue weighted by Crippen LogP contribution is 2.22. The summed E-state index contributed by atoms with van der Waals surface area (Å²) < 4.78 is 31.0. The van der Waals surface area contributed by atoms with Crippen molar-refractivity contribution in [3.63, 3.8) is 0 Å². The van der Waals surface area contributed by atoms with Gasteiger partial charge in [0.1, 0.15) is 11.9 Å². The summed E-state index contributed by atoms with van der Waals surface area (Å²) in [6.45, 7) is 3.43. The number of nitrogens with zero attached hydrogens (tertiary/aromatic N) is 1. The van der Waals surface area contributed by atoms with Gasteiger partial charge in [-0.15, -0.1) is 0 Å². The third-order valence-electron chi connectivity index (χ3n) is 1.50. The summed E-state index contributed by atoms with van der Waals surface area (Å²) in [5, 5.41) is 8.50. The summed E-state index contributed by atoms with van der Waals surface area (Å²) in [6.07, 6.45) is -0.221. The van der Waals surface area contributed by atoms with Crippen LogP contribution in [0.15, 0.2) is 12.1 Å². The molecule has 1 aromatic carbocycles. The number of nitriles is 1. The van der Waals surface area contributed by atoms with E-state index < -0.39 is 11.6 Å². The van der Waals surface area contributed by atoms with Crippen molar-refractivity contribution in [2.45, 2.75) is 20.0 Å². The largest absolute Gasteiger partial charge is 0.488 e. The molecule has 0 aliphatic carbocycles. The van der Waals surface area contributed by atoms with Gasteiger partial charge < -0.3 is 4.74 Å². The van der Waals surface area contributed by atoms with E-state index in [1.807, 2.05) is 0 Å². The minimum absolute atomic E-state index is 0.0991. The standard InChI is InChI=1S/C10H9F2NO/c1-6(2)14-10-3-7(5-13)8(11)4-9(10)12/h3-4,6H,1-2H3. The van der Waals surface area contributed by atoms with Crippen molar-refractivity contribution < 1.29 is 13.5 Å². The van der Waals surface area contributed by atoms with Crippen LogP contribution in [0.2, 0.25) is 0 Å². The molecule has 4 heteroatoms. The number of hydrogen-bond acceptors (Lipinski definition) is 2. The Bertz CT molecular complexity index is 382. The van der Waals surface area contributed by atoms with Gasteiger partial charge in [0, 0.05) is 12.1 Å². The molecule has 0 radical (unpaired) electrons. The Morgan fingerprint density at radius 2 is 1.93 bits per heavy atom. The lowest BCUT2D eigenvalue weighted by molar-refractivity contribution is 0.230. The predicted octanol–water partition coefficient (Wildman–Crippen LogP) is 2.62. The molecule has 1 aromatic rings. The Hall–Kier alpha value is -1.63. The van der Waals surface area contributed by atoms with Crippen LogP contribution in [-0.2, 0) is 0 Å². The maximum absolute atomic E-state index is 13.1. The van der Waals surface area contributed by atoms with Crippen LogP contribution in [0.5, 0.6) is 5.75 Å². The van der Waals surface area contributed by atoms with Gasteiger partial charge in [0.05, 0.1) is 11.7 Å². The number of rotatable bonds is 2. The van der Waals surface area contributed by atoms with E-state index in [-0.39, 0.29) is 17.4 Å². The molecule has 0 fully saturated rings. The predicted molar refractivity (Wildman–Crippen MR) is 46.8 cm³/mol. The number of ether oxygens (including phenoxy) is 1. The average molecular weight is 197 g/mol. The van der Waals surface area contributed by atoms with Crippen LogP contribution in [0, 0.1) is 23.0 Å². The highest BCUT2D eigenvalue weighted by molar-refractivity contribution is 5.38. The molecule has 0 aliphatic heterocycles. The molecule has 1 rings (SSSR count). The van der Waals surface area contributed by atoms with Crippen LogP contribution in [0.3, 0.4) is 0 Å². The zero-order chi connectivity index (χ0) is 10.7. The van der Waals surface area contributed by atoms with Crippen molar-refractivity contribution >= 4 is 0 Å². The smallest absolute Gasteiger partial charge is 0.168 e. The minimum atomic E-state index is -0.874. The van der Waals surface area contributed by atoms with E-state index in [2.05, 4.69) is 0 Å². The fourth-order valence-corrected chi connectivity index (χ4v) is 0.959. The van der Waals surface area contributed by atoms with E-state index >= 15 is 0 Å². The third-order valence-corrected chi connectivity index (χ3v) is 1.50. The van der Waals surface area contributed by atoms with Gasteiger partial charge in [-0.2, -0.15) is 5.26 Å². The minimum Gasteiger partial charge on any atom is -0.488 e. The van der Waals surface area contributed by atoms with Crippen LogP contribution >= 0.6 is 0 Å². The Kier molecular flexibility index (Phi) is 3.03. The summed E-state index contributed by atoms with van der Waals surface area (Å²) in [4.78, 5) is 0. The molecule has 0 saturated heterocycles. The highest BCUT2D eigenvalue weighted by Gasteiger charge is 2.11. The van der Waals surface area contributed by atoms with E-state index in [0.717, 1.165) is 6.07 Å². The Balaban J connectivity index is 3.12. The molecule has 14 heavy (non-hydrogen) atoms. The fraction of sp³-hybridized carbons (Fsp3) is 0.300. The van der Waals surface area contributed by atoms with Crippen molar-refractivity contribution in [3.05, 3.63) is 29.3 Å². The first-order chi connectivity index (χ1) is 6.54. The summed E-state index contributed by atoms with van der Waals surface area (Å²) in [7, 11) is 0. The zero-order valence-electron chi connectivity index (χ0n) is 7.84. The lowest BCUT2D eigenvalue weighted by Crippen LogP contribution is -2.07. The van der Waals surface area contributed by atoms with E-state index in [9.17, 15) is 8.78 Å². The summed E-state index contributed by atoms with van der Waals surface area (Å²) >= 11 is 0. The van der Waals surface area contributed by atoms with Gasteiger partial charge in [-0.25, -0.2) is 8.78 Å². The Labute approximate surface area is 80.7 Å². The zero-order valence-corrected chi connectivity index (χ0v) is 7.84. The average Bonchev–Trinajstić information content (AvgIpc) is 2.09. The van der Waals surface area contributed by atoms with E-state index in [1.54, 1.807) is 19.9 Å². The van der Waals surface area contributed by atoms with Crippen molar-refractivity contribution in [2.24, 2.45) is 0 Å². The topological polar surface area (TPSA) is 33.0 Å². The van der Waals surface area contributed by atoms with Crippen LogP contribution in [0.1, 0.15) is 19.4 Å². The van der Waals surface area contributed by atoms with Crippen LogP contribution in [-0.4, -0.2) is 6.10 Å². The molecule has 0 aliphatic rings. The van der Waals surface area contributed by atoms with Crippen LogP contribution in [0.4, 0.5) is 8.78 Å². The number of halogens is 2. The fourth-order valence-electron chi connectivity index (χ4n) is 0.959. The first-order valence-electron chi connectivity index (χ1n) is 4.10. The van der Waals surface area contributed by atoms with Crippen molar-refractivity contribution in [2.75, 3.05) is 0 Å². The molecule has 0 unspecified atom stereocenters. The molecule has 0 bridgehead atoms. The van der Waals surface area contributed by atoms with Crippen LogP contribution < -0.4 is 4.74 Å². The monoisotopic (exact) mass is 197 g/mol. The van der Waals surface area contributed by atoms with E-state index in [1.165, 1.54) is 0 Å². The molecule has 2 nitrogen and oxygen atoms in total. The molecule has 0 aromatic heterocycles. The lowest BCUT2D eigenvalue weighted by atomic mass is 10.2. The van der Waals surface area contributed by atoms with Crippen molar-refractivity contribution in [1.82, 2.24) is 0 Å². The summed E-state index contributed by atoms with van der Waals surface area (Å²) in [5.41, 5.74) is -0.220. The second kappa shape index (κ2) is 4.05. The van der Waals surface area contributed by atoms with Gasteiger partial charge in [0.25, 0.3) is 0 Å². The molecule has 0 N–H and O–H groups in total. The first kappa shape index (κ1) is 10.5. The Morgan fingerprint density at radius 3 is 2.43 bits per heavy atom. The maximum atomic E-state index is 13.1. The molecule has 0 saturated carbocycles. The SMILES string of the molecule is CC(C)Oc1cc(C#N)c(F)cc1F. The molecule has 0 amide bonds. The van der Waals surface area contributed by atoms with Gasteiger partial charge in [0.2, 0.25) is 0 Å². The van der Waals surface area contributed by atoms with Gasteiger partial charge in [-0.05, 0) is 13.8 Å². The van der Waals surface area contributed by atoms with E-state index in [0.29, 0.717) is 6.07 Å². The molecular formula is C10H9F2NO. The van der Waals surface area contributed by atoms with Gasteiger partial charge in [0.15, 0.2) is 11.6 Å². The summed E-state index contributed by atoms with van der Waals surface area (Å²) in [5.74, 6) is -1.77. The second-order valence-corrected chi connectivity index (χ2v) is 3.04. The third kappa shape index (κ3) is 2.19. The quantitative estimate of drug-likeness (QED) is 0.730. The summed E-state index contributed by atoms with van der Waals surface area (Å²) in [6, 6.07) is 3.32. The normalized spacial score (nSPS) is 10.0. The van der Waals surface area contributed by atoms with Crippen molar-refractivity contribution in [3.8, 4) is 11.8 Å². The van der Waals surface area contributed by atoms with E-state index in [4.69, 9.17) is 10.00 Å². The molecular weight excluding hydrogens is 188 g/mol. The lowest BCUT2D eigenvalue weighted by Gasteiger charge is -2.10.